The SMILES string of the molecule is O=C1C[C@@H]([NH+]2CCC(c3nc4ccccc4s3)CC2)C(=O)N1Cc1ccccc1. The molecule has 3 heterocycles. The number of quaternary nitrogens is 1. The van der Waals surface area contributed by atoms with Crippen LogP contribution in [0.15, 0.2) is 54.6 Å². The Labute approximate surface area is 174 Å². The van der Waals surface area contributed by atoms with Crippen molar-refractivity contribution in [2.45, 2.75) is 37.8 Å². The molecule has 0 bridgehead atoms. The number of aromatic nitrogens is 1. The molecule has 0 spiro atoms. The van der Waals surface area contributed by atoms with Crippen LogP contribution in [0, 0.1) is 0 Å². The number of nitrogens with one attached hydrogen (secondary N) is 1. The Kier molecular flexibility index (Phi) is 4.89. The van der Waals surface area contributed by atoms with E-state index in [1.807, 2.05) is 36.4 Å². The molecule has 1 atom stereocenters. The fourth-order valence-electron chi connectivity index (χ4n) is 4.58. The number of rotatable bonds is 4. The summed E-state index contributed by atoms with van der Waals surface area (Å²) in [5, 5.41) is 1.21. The topological polar surface area (TPSA) is 54.7 Å². The first-order chi connectivity index (χ1) is 14.2. The van der Waals surface area contributed by atoms with Crippen molar-refractivity contribution in [2.24, 2.45) is 0 Å². The second-order valence-corrected chi connectivity index (χ2v) is 9.08. The van der Waals surface area contributed by atoms with Crippen LogP contribution in [0.4, 0.5) is 0 Å². The summed E-state index contributed by atoms with van der Waals surface area (Å²) in [7, 11) is 0. The fraction of sp³-hybridized carbons (Fsp3) is 0.348. The third-order valence-electron chi connectivity index (χ3n) is 6.21. The van der Waals surface area contributed by atoms with Gasteiger partial charge in [0, 0.05) is 18.8 Å². The monoisotopic (exact) mass is 406 g/mol. The number of amides is 2. The molecule has 6 heteroatoms. The van der Waals surface area contributed by atoms with E-state index in [-0.39, 0.29) is 17.9 Å². The Bertz CT molecular complexity index is 1010. The van der Waals surface area contributed by atoms with E-state index in [9.17, 15) is 9.59 Å². The van der Waals surface area contributed by atoms with Crippen molar-refractivity contribution in [3.63, 3.8) is 0 Å². The smallest absolute Gasteiger partial charge is 0.288 e. The lowest BCUT2D eigenvalue weighted by Crippen LogP contribution is -3.17. The van der Waals surface area contributed by atoms with Crippen molar-refractivity contribution >= 4 is 33.4 Å². The zero-order valence-electron chi connectivity index (χ0n) is 16.2. The number of thiazole rings is 1. The largest absolute Gasteiger partial charge is 0.324 e. The number of carbonyl (C=O) groups is 2. The van der Waals surface area contributed by atoms with Gasteiger partial charge >= 0.3 is 0 Å². The van der Waals surface area contributed by atoms with E-state index in [0.29, 0.717) is 18.9 Å². The number of nitrogens with zero attached hydrogens (tertiary/aromatic N) is 2. The maximum Gasteiger partial charge on any atom is 0.288 e. The molecule has 5 rings (SSSR count). The summed E-state index contributed by atoms with van der Waals surface area (Å²) in [6.07, 6.45) is 2.38. The lowest BCUT2D eigenvalue weighted by Gasteiger charge is -2.31. The van der Waals surface area contributed by atoms with Gasteiger partial charge in [-0.05, 0) is 17.7 Å². The van der Waals surface area contributed by atoms with Crippen molar-refractivity contribution in [3.05, 3.63) is 65.2 Å². The van der Waals surface area contributed by atoms with Gasteiger partial charge < -0.3 is 4.90 Å². The first kappa shape index (κ1) is 18.5. The normalized spacial score (nSPS) is 25.1. The van der Waals surface area contributed by atoms with E-state index in [4.69, 9.17) is 4.98 Å². The molecule has 148 valence electrons. The Balaban J connectivity index is 1.23. The summed E-state index contributed by atoms with van der Waals surface area (Å²) in [5.74, 6) is 0.417. The lowest BCUT2D eigenvalue weighted by molar-refractivity contribution is -0.920. The zero-order valence-corrected chi connectivity index (χ0v) is 17.0. The van der Waals surface area contributed by atoms with Crippen LogP contribution in [0.25, 0.3) is 10.2 Å². The van der Waals surface area contributed by atoms with Gasteiger partial charge in [-0.25, -0.2) is 4.98 Å². The van der Waals surface area contributed by atoms with Crippen molar-refractivity contribution in [1.82, 2.24) is 9.88 Å². The van der Waals surface area contributed by atoms with Crippen LogP contribution in [0.2, 0.25) is 0 Å². The van der Waals surface area contributed by atoms with Gasteiger partial charge in [0.2, 0.25) is 5.91 Å². The molecule has 2 fully saturated rings. The first-order valence-electron chi connectivity index (χ1n) is 10.3. The maximum absolute atomic E-state index is 13.0. The van der Waals surface area contributed by atoms with Crippen molar-refractivity contribution < 1.29 is 14.5 Å². The Morgan fingerprint density at radius 1 is 1.00 bits per heavy atom. The molecule has 2 amide bonds. The van der Waals surface area contributed by atoms with Crippen LogP contribution in [-0.4, -0.2) is 40.8 Å². The van der Waals surface area contributed by atoms with Crippen LogP contribution >= 0.6 is 11.3 Å². The minimum atomic E-state index is -0.220. The number of piperidine rings is 1. The van der Waals surface area contributed by atoms with Gasteiger partial charge in [0.05, 0.1) is 41.3 Å². The highest BCUT2D eigenvalue weighted by molar-refractivity contribution is 7.18. The van der Waals surface area contributed by atoms with Gasteiger partial charge in [0.25, 0.3) is 5.91 Å². The number of fused-ring (bicyclic) bond motifs is 1. The average Bonchev–Trinajstić information content (AvgIpc) is 3.31. The van der Waals surface area contributed by atoms with E-state index < -0.39 is 0 Å². The second kappa shape index (κ2) is 7.69. The predicted octanol–water partition coefficient (Wildman–Crippen LogP) is 2.39. The van der Waals surface area contributed by atoms with E-state index in [2.05, 4.69) is 18.2 Å². The van der Waals surface area contributed by atoms with Crippen LogP contribution in [0.1, 0.15) is 35.8 Å². The van der Waals surface area contributed by atoms with E-state index in [1.54, 1.807) is 11.3 Å². The minimum Gasteiger partial charge on any atom is -0.324 e. The fourth-order valence-corrected chi connectivity index (χ4v) is 5.72. The summed E-state index contributed by atoms with van der Waals surface area (Å²) in [4.78, 5) is 33.0. The highest BCUT2D eigenvalue weighted by atomic mass is 32.1. The molecule has 2 aliphatic heterocycles. The summed E-state index contributed by atoms with van der Waals surface area (Å²) in [5.41, 5.74) is 2.08. The molecule has 2 aromatic carbocycles. The number of benzene rings is 2. The van der Waals surface area contributed by atoms with Gasteiger partial charge in [0.15, 0.2) is 6.04 Å². The third-order valence-corrected chi connectivity index (χ3v) is 7.41. The molecule has 5 nitrogen and oxygen atoms in total. The Hall–Kier alpha value is -2.57. The highest BCUT2D eigenvalue weighted by Crippen LogP contribution is 2.31. The number of imide groups is 1. The molecule has 0 unspecified atom stereocenters. The minimum absolute atomic E-state index is 0.00714. The quantitative estimate of drug-likeness (QED) is 0.677. The van der Waals surface area contributed by atoms with Crippen LogP contribution in [0.3, 0.4) is 0 Å². The zero-order chi connectivity index (χ0) is 19.8. The van der Waals surface area contributed by atoms with E-state index >= 15 is 0 Å². The third kappa shape index (κ3) is 3.58. The summed E-state index contributed by atoms with van der Waals surface area (Å²) in [6, 6.07) is 17.8. The molecule has 1 aromatic heterocycles. The van der Waals surface area contributed by atoms with Crippen molar-refractivity contribution in [1.29, 1.82) is 0 Å². The van der Waals surface area contributed by atoms with E-state index in [0.717, 1.165) is 37.0 Å². The molecular weight excluding hydrogens is 382 g/mol. The second-order valence-electron chi connectivity index (χ2n) is 8.01. The van der Waals surface area contributed by atoms with Gasteiger partial charge in [-0.1, -0.05) is 42.5 Å². The van der Waals surface area contributed by atoms with Gasteiger partial charge in [-0.3, -0.25) is 14.5 Å². The number of para-hydroxylation sites is 1. The van der Waals surface area contributed by atoms with Crippen molar-refractivity contribution in [2.75, 3.05) is 13.1 Å². The molecule has 0 saturated carbocycles. The van der Waals surface area contributed by atoms with Gasteiger partial charge in [-0.15, -0.1) is 11.3 Å². The number of likely N-dealkylation sites (tertiary alicyclic amines) is 2. The predicted molar refractivity (Wildman–Crippen MR) is 113 cm³/mol. The molecule has 2 saturated heterocycles. The molecule has 2 aliphatic rings. The Morgan fingerprint density at radius 3 is 2.48 bits per heavy atom. The molecular formula is C23H24N3O2S+. The van der Waals surface area contributed by atoms with Crippen LogP contribution < -0.4 is 4.90 Å². The summed E-state index contributed by atoms with van der Waals surface area (Å²) < 4.78 is 1.24. The van der Waals surface area contributed by atoms with Crippen LogP contribution in [0.5, 0.6) is 0 Å². The number of carbonyl (C=O) groups excluding carboxylic acids is 2. The maximum atomic E-state index is 13.0. The van der Waals surface area contributed by atoms with Gasteiger partial charge in [-0.2, -0.15) is 0 Å². The standard InChI is InChI=1S/C23H23N3O2S/c27-21-14-19(23(28)26(21)15-16-6-2-1-3-7-16)25-12-10-17(11-13-25)22-24-18-8-4-5-9-20(18)29-22/h1-9,17,19H,10-15H2/p+1/t19-/m1/s1. The number of hydrogen-bond donors (Lipinski definition) is 1. The van der Waals surface area contributed by atoms with Crippen molar-refractivity contribution in [3.8, 4) is 0 Å². The molecule has 3 aromatic rings. The average molecular weight is 407 g/mol. The molecule has 1 N–H and O–H groups in total. The first-order valence-corrected chi connectivity index (χ1v) is 11.1. The van der Waals surface area contributed by atoms with Gasteiger partial charge in [0.1, 0.15) is 0 Å². The highest BCUT2D eigenvalue weighted by Gasteiger charge is 2.45. The Morgan fingerprint density at radius 2 is 1.72 bits per heavy atom. The molecule has 0 radical (unpaired) electrons. The summed E-state index contributed by atoms with van der Waals surface area (Å²) >= 11 is 1.79. The lowest BCUT2D eigenvalue weighted by atomic mass is 9.96. The number of hydrogen-bond acceptors (Lipinski definition) is 4. The molecule has 29 heavy (non-hydrogen) atoms. The molecule has 0 aliphatic carbocycles. The van der Waals surface area contributed by atoms with Crippen LogP contribution in [-0.2, 0) is 16.1 Å². The summed E-state index contributed by atoms with van der Waals surface area (Å²) in [6.45, 7) is 2.23. The van der Waals surface area contributed by atoms with E-state index in [1.165, 1.54) is 19.5 Å².